The summed E-state index contributed by atoms with van der Waals surface area (Å²) in [5.41, 5.74) is 2.17. The fourth-order valence-corrected chi connectivity index (χ4v) is 4.26. The zero-order valence-corrected chi connectivity index (χ0v) is 15.8. The molecule has 2 aromatic heterocycles. The highest BCUT2D eigenvalue weighted by Gasteiger charge is 2.15. The van der Waals surface area contributed by atoms with E-state index in [1.54, 1.807) is 22.9 Å². The molecule has 0 unspecified atom stereocenters. The highest BCUT2D eigenvalue weighted by Crippen LogP contribution is 2.28. The largest absolute Gasteiger partial charge is 0.285 e. The highest BCUT2D eigenvalue weighted by molar-refractivity contribution is 7.98. The molecule has 2 aromatic carbocycles. The molecule has 0 fully saturated rings. The predicted molar refractivity (Wildman–Crippen MR) is 108 cm³/mol. The first-order valence-electron chi connectivity index (χ1n) is 8.72. The Balaban J connectivity index is 1.79. The van der Waals surface area contributed by atoms with Crippen molar-refractivity contribution < 1.29 is 4.39 Å². The summed E-state index contributed by atoms with van der Waals surface area (Å²) in [7, 11) is 0. The van der Waals surface area contributed by atoms with Gasteiger partial charge in [-0.25, -0.2) is 9.37 Å². The van der Waals surface area contributed by atoms with Crippen LogP contribution in [0.4, 0.5) is 4.39 Å². The van der Waals surface area contributed by atoms with Crippen LogP contribution >= 0.6 is 11.8 Å². The van der Waals surface area contributed by atoms with Crippen molar-refractivity contribution in [3.05, 3.63) is 76.5 Å². The number of para-hydroxylation sites is 1. The van der Waals surface area contributed by atoms with Gasteiger partial charge in [-0.1, -0.05) is 30.0 Å². The summed E-state index contributed by atoms with van der Waals surface area (Å²) in [4.78, 5) is 22.0. The van der Waals surface area contributed by atoms with Gasteiger partial charge in [0.25, 0.3) is 5.56 Å². The predicted octanol–water partition coefficient (Wildman–Crippen LogP) is 4.96. The first-order valence-corrected chi connectivity index (χ1v) is 9.70. The van der Waals surface area contributed by atoms with E-state index in [1.807, 2.05) is 38.1 Å². The van der Waals surface area contributed by atoms with E-state index in [-0.39, 0.29) is 17.4 Å². The van der Waals surface area contributed by atoms with E-state index in [0.29, 0.717) is 21.8 Å². The molecule has 6 heteroatoms. The molecule has 4 nitrogen and oxygen atoms in total. The van der Waals surface area contributed by atoms with Crippen LogP contribution in [0.25, 0.3) is 21.8 Å². The van der Waals surface area contributed by atoms with E-state index in [0.717, 1.165) is 16.5 Å². The lowest BCUT2D eigenvalue weighted by Crippen LogP contribution is -2.25. The quantitative estimate of drug-likeness (QED) is 0.372. The summed E-state index contributed by atoms with van der Waals surface area (Å²) in [5.74, 6) is 0.182. The molecule has 0 aliphatic heterocycles. The summed E-state index contributed by atoms with van der Waals surface area (Å²) in [6, 6.07) is 13.9. The van der Waals surface area contributed by atoms with Gasteiger partial charge in [0.2, 0.25) is 0 Å². The van der Waals surface area contributed by atoms with Crippen LogP contribution in [0.15, 0.2) is 64.7 Å². The van der Waals surface area contributed by atoms with Crippen LogP contribution in [-0.4, -0.2) is 14.5 Å². The third-order valence-electron chi connectivity index (χ3n) is 4.40. The maximum absolute atomic E-state index is 14.0. The van der Waals surface area contributed by atoms with Gasteiger partial charge in [0.05, 0.1) is 16.4 Å². The first kappa shape index (κ1) is 17.7. The van der Waals surface area contributed by atoms with Gasteiger partial charge in [-0.3, -0.25) is 14.3 Å². The van der Waals surface area contributed by atoms with Crippen molar-refractivity contribution in [1.82, 2.24) is 14.5 Å². The topological polar surface area (TPSA) is 47.8 Å². The van der Waals surface area contributed by atoms with Crippen LogP contribution in [0.2, 0.25) is 0 Å². The summed E-state index contributed by atoms with van der Waals surface area (Å²) in [5, 5.41) is 2.00. The third-order valence-corrected chi connectivity index (χ3v) is 5.40. The molecule has 0 atom stereocenters. The molecule has 0 amide bonds. The van der Waals surface area contributed by atoms with Crippen molar-refractivity contribution in [2.45, 2.75) is 30.8 Å². The van der Waals surface area contributed by atoms with Gasteiger partial charge in [0, 0.05) is 23.4 Å². The minimum Gasteiger partial charge on any atom is -0.285 e. The number of pyridine rings is 1. The second-order valence-corrected chi connectivity index (χ2v) is 7.55. The number of aromatic nitrogens is 3. The van der Waals surface area contributed by atoms with Crippen molar-refractivity contribution in [2.24, 2.45) is 0 Å². The molecule has 0 saturated carbocycles. The fraction of sp³-hybridized carbons (Fsp3) is 0.190. The number of hydrogen-bond donors (Lipinski definition) is 0. The molecule has 0 spiro atoms. The summed E-state index contributed by atoms with van der Waals surface area (Å²) < 4.78 is 15.7. The monoisotopic (exact) mass is 379 g/mol. The smallest absolute Gasteiger partial charge is 0.262 e. The molecular formula is C21H18FN3OS. The van der Waals surface area contributed by atoms with Gasteiger partial charge in [-0.05, 0) is 49.7 Å². The van der Waals surface area contributed by atoms with E-state index in [2.05, 4.69) is 9.97 Å². The van der Waals surface area contributed by atoms with Crippen LogP contribution in [-0.2, 0) is 5.75 Å². The molecule has 0 aliphatic rings. The van der Waals surface area contributed by atoms with Crippen LogP contribution in [0.1, 0.15) is 25.5 Å². The maximum Gasteiger partial charge on any atom is 0.262 e. The Bertz CT molecular complexity index is 1200. The zero-order chi connectivity index (χ0) is 19.0. The Labute approximate surface area is 160 Å². The molecule has 27 heavy (non-hydrogen) atoms. The summed E-state index contributed by atoms with van der Waals surface area (Å²) >= 11 is 1.43. The van der Waals surface area contributed by atoms with Gasteiger partial charge < -0.3 is 0 Å². The summed E-state index contributed by atoms with van der Waals surface area (Å²) in [6.07, 6.45) is 1.70. The number of halogens is 1. The van der Waals surface area contributed by atoms with Crippen LogP contribution in [0.3, 0.4) is 0 Å². The Morgan fingerprint density at radius 1 is 1.15 bits per heavy atom. The Morgan fingerprint density at radius 2 is 1.96 bits per heavy atom. The standard InChI is InChI=1S/C21H18FN3OS/c1-13(2)25-20(26)17-7-3-4-8-18(17)24-21(25)27-12-15-11-16(22)10-14-6-5-9-23-19(14)15/h3-11,13H,12H2,1-2H3. The molecule has 4 aromatic rings. The van der Waals surface area contributed by atoms with E-state index in [1.165, 1.54) is 23.9 Å². The van der Waals surface area contributed by atoms with Crippen molar-refractivity contribution in [3.63, 3.8) is 0 Å². The van der Waals surface area contributed by atoms with Crippen molar-refractivity contribution in [3.8, 4) is 0 Å². The van der Waals surface area contributed by atoms with Gasteiger partial charge >= 0.3 is 0 Å². The van der Waals surface area contributed by atoms with E-state index in [9.17, 15) is 9.18 Å². The number of hydrogen-bond acceptors (Lipinski definition) is 4. The molecule has 136 valence electrons. The minimum atomic E-state index is -0.293. The molecule has 0 aliphatic carbocycles. The SMILES string of the molecule is CC(C)n1c(SCc2cc(F)cc3cccnc23)nc2ccccc2c1=O. The molecule has 0 radical (unpaired) electrons. The Kier molecular flexibility index (Phi) is 4.66. The number of rotatable bonds is 4. The van der Waals surface area contributed by atoms with Gasteiger partial charge in [0.1, 0.15) is 5.82 Å². The average Bonchev–Trinajstić information content (AvgIpc) is 2.65. The molecule has 4 rings (SSSR count). The minimum absolute atomic E-state index is 0.0283. The summed E-state index contributed by atoms with van der Waals surface area (Å²) in [6.45, 7) is 3.92. The van der Waals surface area contributed by atoms with E-state index in [4.69, 9.17) is 0 Å². The normalized spacial score (nSPS) is 11.6. The van der Waals surface area contributed by atoms with Gasteiger partial charge in [-0.15, -0.1) is 0 Å². The average molecular weight is 379 g/mol. The Hall–Kier alpha value is -2.73. The molecule has 0 saturated heterocycles. The highest BCUT2D eigenvalue weighted by atomic mass is 32.2. The Morgan fingerprint density at radius 3 is 2.78 bits per heavy atom. The lowest BCUT2D eigenvalue weighted by Gasteiger charge is -2.16. The second kappa shape index (κ2) is 7.12. The number of fused-ring (bicyclic) bond motifs is 2. The van der Waals surface area contributed by atoms with E-state index < -0.39 is 0 Å². The lowest BCUT2D eigenvalue weighted by atomic mass is 10.1. The molecule has 0 bridgehead atoms. The third kappa shape index (κ3) is 3.32. The van der Waals surface area contributed by atoms with Crippen molar-refractivity contribution >= 4 is 33.6 Å². The first-order chi connectivity index (χ1) is 13.0. The maximum atomic E-state index is 14.0. The van der Waals surface area contributed by atoms with Gasteiger partial charge in [0.15, 0.2) is 5.16 Å². The van der Waals surface area contributed by atoms with Crippen LogP contribution in [0, 0.1) is 5.82 Å². The number of nitrogens with zero attached hydrogens (tertiary/aromatic N) is 3. The number of benzene rings is 2. The number of thioether (sulfide) groups is 1. The molecule has 2 heterocycles. The van der Waals surface area contributed by atoms with Crippen molar-refractivity contribution in [1.29, 1.82) is 0 Å². The van der Waals surface area contributed by atoms with Crippen LogP contribution in [0.5, 0.6) is 0 Å². The fourth-order valence-electron chi connectivity index (χ4n) is 3.16. The van der Waals surface area contributed by atoms with Gasteiger partial charge in [-0.2, -0.15) is 0 Å². The lowest BCUT2D eigenvalue weighted by molar-refractivity contribution is 0.519. The second-order valence-electron chi connectivity index (χ2n) is 6.61. The molecule has 0 N–H and O–H groups in total. The van der Waals surface area contributed by atoms with Crippen molar-refractivity contribution in [2.75, 3.05) is 0 Å². The molecular weight excluding hydrogens is 361 g/mol. The van der Waals surface area contributed by atoms with E-state index >= 15 is 0 Å². The van der Waals surface area contributed by atoms with Crippen LogP contribution < -0.4 is 5.56 Å². The zero-order valence-electron chi connectivity index (χ0n) is 15.0.